The van der Waals surface area contributed by atoms with Gasteiger partial charge in [-0.15, -0.1) is 0 Å². The van der Waals surface area contributed by atoms with Crippen LogP contribution in [0.5, 0.6) is 0 Å². The fourth-order valence-electron chi connectivity index (χ4n) is 3.45. The predicted octanol–water partition coefficient (Wildman–Crippen LogP) is 10.2. The third kappa shape index (κ3) is 17.9. The van der Waals surface area contributed by atoms with Crippen LogP contribution in [0.4, 0.5) is 0 Å². The quantitative estimate of drug-likeness (QED) is 0.105. The van der Waals surface area contributed by atoms with Crippen LogP contribution in [0.2, 0.25) is 0 Å². The topological polar surface area (TPSA) is 63.2 Å². The van der Waals surface area contributed by atoms with E-state index in [0.717, 1.165) is 0 Å². The Morgan fingerprint density at radius 3 is 1.46 bits per heavy atom. The molecule has 6 nitrogen and oxygen atoms in total. The summed E-state index contributed by atoms with van der Waals surface area (Å²) in [7, 11) is -4.02. The molecule has 9 heteroatoms. The van der Waals surface area contributed by atoms with Crippen molar-refractivity contribution in [1.29, 1.82) is 0 Å². The van der Waals surface area contributed by atoms with Crippen molar-refractivity contribution >= 4 is 38.8 Å². The molecule has 0 spiro atoms. The normalized spacial score (nSPS) is 12.7. The largest absolute Gasteiger partial charge is 0.332 e. The summed E-state index contributed by atoms with van der Waals surface area (Å²) in [6.07, 6.45) is 0.429. The van der Waals surface area contributed by atoms with Crippen molar-refractivity contribution in [2.45, 2.75) is 74.1 Å². The number of aryl methyl sites for hydroxylation is 2. The molecule has 0 N–H and O–H groups in total. The van der Waals surface area contributed by atoms with E-state index in [0.29, 0.717) is 45.1 Å². The lowest BCUT2D eigenvalue weighted by Gasteiger charge is -2.21. The van der Waals surface area contributed by atoms with E-state index in [-0.39, 0.29) is 5.92 Å². The first-order valence-corrected chi connectivity index (χ1v) is 18.2. The SMILES string of the molecule is CCOP(=O)(C[C@@H](C)c1cccc(C)c1)OCC.CCOP(OCC)OCC.Cc1cccc([C@H](C)CI)c1. The first-order chi connectivity index (χ1) is 18.6. The number of rotatable bonds is 15. The van der Waals surface area contributed by atoms with E-state index in [1.807, 2.05) is 40.7 Å². The molecular weight excluding hydrogens is 645 g/mol. The van der Waals surface area contributed by atoms with Crippen molar-refractivity contribution in [2.24, 2.45) is 0 Å². The summed E-state index contributed by atoms with van der Waals surface area (Å²) in [4.78, 5) is 0. The number of hydrogen-bond donors (Lipinski definition) is 0. The number of benzene rings is 2. The Hall–Kier alpha value is -0.370. The third-order valence-corrected chi connectivity index (χ3v) is 10.3. The van der Waals surface area contributed by atoms with Gasteiger partial charge in [0.1, 0.15) is 0 Å². The molecule has 0 aromatic heterocycles. The maximum Gasteiger partial charge on any atom is 0.332 e. The molecule has 0 saturated carbocycles. The van der Waals surface area contributed by atoms with Crippen molar-refractivity contribution in [3.8, 4) is 0 Å². The van der Waals surface area contributed by atoms with Crippen LogP contribution in [0.3, 0.4) is 0 Å². The molecule has 0 aliphatic heterocycles. The summed E-state index contributed by atoms with van der Waals surface area (Å²) in [6, 6.07) is 17.0. The van der Waals surface area contributed by atoms with Gasteiger partial charge in [0.15, 0.2) is 0 Å². The minimum Gasteiger partial charge on any atom is -0.313 e. The van der Waals surface area contributed by atoms with Gasteiger partial charge >= 0.3 is 16.2 Å². The summed E-state index contributed by atoms with van der Waals surface area (Å²) >= 11 is 2.43. The van der Waals surface area contributed by atoms with E-state index in [1.165, 1.54) is 26.7 Å². The van der Waals surface area contributed by atoms with Crippen LogP contribution in [-0.2, 0) is 27.2 Å². The molecule has 2 rings (SSSR count). The van der Waals surface area contributed by atoms with E-state index < -0.39 is 16.2 Å². The monoisotopic (exact) mass is 696 g/mol. The van der Waals surface area contributed by atoms with E-state index in [1.54, 1.807) is 0 Å². The molecule has 224 valence electrons. The van der Waals surface area contributed by atoms with Crippen LogP contribution in [0.25, 0.3) is 0 Å². The van der Waals surface area contributed by atoms with E-state index in [4.69, 9.17) is 22.6 Å². The molecule has 0 radical (unpaired) electrons. The smallest absolute Gasteiger partial charge is 0.313 e. The summed E-state index contributed by atoms with van der Waals surface area (Å²) in [5, 5.41) is 0. The molecule has 0 unspecified atom stereocenters. The molecule has 2 atom stereocenters. The van der Waals surface area contributed by atoms with Crippen molar-refractivity contribution in [2.75, 3.05) is 43.6 Å². The fraction of sp³-hybridized carbons (Fsp3) is 0.600. The first kappa shape index (κ1) is 38.6. The first-order valence-electron chi connectivity index (χ1n) is 13.8. The van der Waals surface area contributed by atoms with Crippen LogP contribution in [0.15, 0.2) is 48.5 Å². The summed E-state index contributed by atoms with van der Waals surface area (Å²) in [5.41, 5.74) is 5.20. The van der Waals surface area contributed by atoms with E-state index in [2.05, 4.69) is 92.8 Å². The Kier molecular flexibility index (Phi) is 23.0. The molecule has 0 saturated heterocycles. The molecule has 0 bridgehead atoms. The highest BCUT2D eigenvalue weighted by molar-refractivity contribution is 14.1. The van der Waals surface area contributed by atoms with Gasteiger partial charge in [-0.2, -0.15) is 0 Å². The van der Waals surface area contributed by atoms with Crippen molar-refractivity contribution < 1.29 is 27.2 Å². The lowest BCUT2D eigenvalue weighted by molar-refractivity contribution is 0.176. The van der Waals surface area contributed by atoms with E-state index >= 15 is 0 Å². The van der Waals surface area contributed by atoms with Crippen molar-refractivity contribution in [3.63, 3.8) is 0 Å². The highest BCUT2D eigenvalue weighted by Gasteiger charge is 2.27. The second-order valence-electron chi connectivity index (χ2n) is 8.89. The Bertz CT molecular complexity index is 906. The average Bonchev–Trinajstić information content (AvgIpc) is 2.89. The average molecular weight is 697 g/mol. The Morgan fingerprint density at radius 1 is 0.718 bits per heavy atom. The summed E-state index contributed by atoms with van der Waals surface area (Å²) in [5.74, 6) is 0.851. The molecule has 0 aliphatic rings. The predicted molar refractivity (Wildman–Crippen MR) is 176 cm³/mol. The van der Waals surface area contributed by atoms with Gasteiger partial charge in [-0.3, -0.25) is 4.57 Å². The Morgan fingerprint density at radius 2 is 1.13 bits per heavy atom. The molecular formula is C30H51IO6P2. The molecule has 0 heterocycles. The van der Waals surface area contributed by atoms with Gasteiger partial charge in [0.25, 0.3) is 0 Å². The van der Waals surface area contributed by atoms with Gasteiger partial charge in [0.2, 0.25) is 0 Å². The van der Waals surface area contributed by atoms with Crippen LogP contribution >= 0.6 is 38.8 Å². The van der Waals surface area contributed by atoms with Gasteiger partial charge < -0.3 is 22.6 Å². The second kappa shape index (κ2) is 23.2. The standard InChI is InChI=1S/C14H23O3P.C10H13I.C6H15O3P/c1-5-16-18(15,17-6-2)11-13(4)14-9-7-8-12(3)10-14;1-8-4-3-5-10(6-8)9(2)7-11;1-4-7-10(8-5-2)9-6-3/h7-10,13H,5-6,11H2,1-4H3;3-6,9H,7H2,1-2H3;4-6H2,1-3H3/t13-;9-;/m11./s1. The maximum absolute atomic E-state index is 12.4. The maximum atomic E-state index is 12.4. The Labute approximate surface area is 253 Å². The van der Waals surface area contributed by atoms with Gasteiger partial charge in [-0.05, 0) is 71.4 Å². The van der Waals surface area contributed by atoms with Crippen LogP contribution < -0.4 is 0 Å². The van der Waals surface area contributed by atoms with Gasteiger partial charge in [-0.1, -0.05) is 96.1 Å². The zero-order valence-electron chi connectivity index (χ0n) is 25.4. The number of alkyl halides is 1. The van der Waals surface area contributed by atoms with Gasteiger partial charge in [-0.25, -0.2) is 0 Å². The number of halogens is 1. The zero-order chi connectivity index (χ0) is 29.7. The highest BCUT2D eigenvalue weighted by atomic mass is 127. The minimum atomic E-state index is -2.96. The van der Waals surface area contributed by atoms with Crippen molar-refractivity contribution in [1.82, 2.24) is 0 Å². The fourth-order valence-corrected chi connectivity index (χ4v) is 6.77. The third-order valence-electron chi connectivity index (χ3n) is 5.31. The number of hydrogen-bond acceptors (Lipinski definition) is 6. The van der Waals surface area contributed by atoms with Gasteiger partial charge in [0, 0.05) is 4.43 Å². The zero-order valence-corrected chi connectivity index (χ0v) is 29.4. The molecule has 39 heavy (non-hydrogen) atoms. The van der Waals surface area contributed by atoms with Gasteiger partial charge in [0.05, 0.1) is 39.2 Å². The Balaban J connectivity index is 0.000000593. The molecule has 0 fully saturated rings. The minimum absolute atomic E-state index is 0.161. The highest BCUT2D eigenvalue weighted by Crippen LogP contribution is 2.51. The molecule has 2 aromatic rings. The lowest BCUT2D eigenvalue weighted by Crippen LogP contribution is -2.06. The molecule has 2 aromatic carbocycles. The van der Waals surface area contributed by atoms with Crippen LogP contribution in [-0.4, -0.2) is 43.6 Å². The van der Waals surface area contributed by atoms with Crippen LogP contribution in [0.1, 0.15) is 82.6 Å². The summed E-state index contributed by atoms with van der Waals surface area (Å²) in [6.45, 7) is 20.7. The summed E-state index contributed by atoms with van der Waals surface area (Å²) < 4.78 is 39.7. The van der Waals surface area contributed by atoms with Crippen molar-refractivity contribution in [3.05, 3.63) is 70.8 Å². The molecule has 0 aliphatic carbocycles. The molecule has 0 amide bonds. The van der Waals surface area contributed by atoms with E-state index in [9.17, 15) is 4.57 Å². The van der Waals surface area contributed by atoms with Crippen LogP contribution in [0, 0.1) is 13.8 Å². The lowest BCUT2D eigenvalue weighted by atomic mass is 10.0. The second-order valence-corrected chi connectivity index (χ2v) is 13.1.